The van der Waals surface area contributed by atoms with Gasteiger partial charge in [-0.3, -0.25) is 9.36 Å². The van der Waals surface area contributed by atoms with Gasteiger partial charge in [-0.15, -0.1) is 0 Å². The molecule has 292 valence electrons. The van der Waals surface area contributed by atoms with Gasteiger partial charge < -0.3 is 27.9 Å². The molecule has 8 nitrogen and oxygen atoms in total. The number of rotatable bonds is 34. The third-order valence-electron chi connectivity index (χ3n) is 7.44. The van der Waals surface area contributed by atoms with E-state index in [2.05, 4.69) is 98.9 Å². The fourth-order valence-corrected chi connectivity index (χ4v) is 5.22. The largest absolute Gasteiger partial charge is 0.756 e. The zero-order valence-corrected chi connectivity index (χ0v) is 33.7. The summed E-state index contributed by atoms with van der Waals surface area (Å²) < 4.78 is 34.4. The molecule has 0 amide bonds. The lowest BCUT2D eigenvalue weighted by Crippen LogP contribution is -2.37. The van der Waals surface area contributed by atoms with E-state index in [0.29, 0.717) is 24.1 Å². The molecule has 0 fully saturated rings. The molecule has 0 rings (SSSR count). The van der Waals surface area contributed by atoms with E-state index in [-0.39, 0.29) is 32.2 Å². The van der Waals surface area contributed by atoms with Crippen molar-refractivity contribution in [2.45, 2.75) is 123 Å². The summed E-state index contributed by atoms with van der Waals surface area (Å²) in [5.41, 5.74) is 0. The number of quaternary nitrogens is 1. The molecule has 51 heavy (non-hydrogen) atoms. The minimum absolute atomic E-state index is 0.00822. The van der Waals surface area contributed by atoms with Gasteiger partial charge in [0, 0.05) is 13.0 Å². The van der Waals surface area contributed by atoms with E-state index in [0.717, 1.165) is 89.9 Å². The van der Waals surface area contributed by atoms with Crippen LogP contribution in [0.15, 0.2) is 85.1 Å². The zero-order chi connectivity index (χ0) is 37.7. The van der Waals surface area contributed by atoms with Crippen LogP contribution in [-0.4, -0.2) is 70.7 Å². The summed E-state index contributed by atoms with van der Waals surface area (Å²) in [6, 6.07) is 0. The molecule has 2 unspecified atom stereocenters. The number of hydrogen-bond donors (Lipinski definition) is 0. The normalized spacial score (nSPS) is 14.9. The minimum Gasteiger partial charge on any atom is -0.756 e. The summed E-state index contributed by atoms with van der Waals surface area (Å²) in [5.74, 6) is -0.388. The Balaban J connectivity index is 4.45. The molecule has 0 saturated carbocycles. The van der Waals surface area contributed by atoms with Gasteiger partial charge in [-0.1, -0.05) is 112 Å². The van der Waals surface area contributed by atoms with Gasteiger partial charge in [-0.25, -0.2) is 0 Å². The third kappa shape index (κ3) is 38.7. The van der Waals surface area contributed by atoms with Gasteiger partial charge in [0.05, 0.1) is 34.4 Å². The average Bonchev–Trinajstić information content (AvgIpc) is 3.08. The van der Waals surface area contributed by atoms with Crippen LogP contribution in [0.4, 0.5) is 0 Å². The summed E-state index contributed by atoms with van der Waals surface area (Å²) in [4.78, 5) is 24.9. The fourth-order valence-electron chi connectivity index (χ4n) is 4.49. The van der Waals surface area contributed by atoms with Crippen molar-refractivity contribution in [3.8, 4) is 0 Å². The Morgan fingerprint density at radius 2 is 1.08 bits per heavy atom. The second kappa shape index (κ2) is 34.7. The number of ether oxygens (including phenoxy) is 2. The van der Waals surface area contributed by atoms with Gasteiger partial charge >= 0.3 is 5.97 Å². The number of hydrogen-bond acceptors (Lipinski definition) is 7. The highest BCUT2D eigenvalue weighted by molar-refractivity contribution is 7.45. The monoisotopic (exact) mass is 734 g/mol. The molecule has 0 aromatic heterocycles. The molecule has 0 spiro atoms. The van der Waals surface area contributed by atoms with Crippen LogP contribution in [0.25, 0.3) is 0 Å². The SMILES string of the molecule is CC/C=C\C/C=C\C/C=C\C/C=C\CCCCC(=O)OC(COCCCCCC/C=C\C/C=C\C/C=C\CC)COP(=O)([O-])OCC[N+](C)(C)C. The molecule has 9 heteroatoms. The lowest BCUT2D eigenvalue weighted by molar-refractivity contribution is -0.870. The van der Waals surface area contributed by atoms with E-state index >= 15 is 0 Å². The lowest BCUT2D eigenvalue weighted by atomic mass is 10.1. The van der Waals surface area contributed by atoms with Crippen molar-refractivity contribution < 1.29 is 37.3 Å². The Kier molecular flexibility index (Phi) is 33.2. The Morgan fingerprint density at radius 1 is 0.608 bits per heavy atom. The van der Waals surface area contributed by atoms with Crippen molar-refractivity contribution in [1.82, 2.24) is 0 Å². The van der Waals surface area contributed by atoms with Crippen LogP contribution in [0.3, 0.4) is 0 Å². The quantitative estimate of drug-likeness (QED) is 0.0214. The Labute approximate surface area is 312 Å². The topological polar surface area (TPSA) is 94.1 Å². The molecule has 0 aliphatic carbocycles. The standard InChI is InChI=1S/C42H72NO7P/c1-6-8-10-12-14-16-18-20-22-23-25-27-29-31-33-35-42(44)50-41(40-49-51(45,46)48-38-36-43(3,4)5)39-47-37-34-32-30-28-26-24-21-19-17-15-13-11-9-7-2/h8-11,14-17,20-22,24-25,27,41H,6-7,12-13,18-19,23,26,28-40H2,1-5H3/b10-8-,11-9-,16-14-,17-15-,22-20-,24-21-,27-25-. The van der Waals surface area contributed by atoms with Gasteiger partial charge in [0.25, 0.3) is 7.82 Å². The van der Waals surface area contributed by atoms with E-state index in [1.165, 1.54) is 0 Å². The number of phosphoric ester groups is 1. The molecule has 0 aliphatic rings. The van der Waals surface area contributed by atoms with E-state index in [9.17, 15) is 14.3 Å². The van der Waals surface area contributed by atoms with Crippen LogP contribution < -0.4 is 4.89 Å². The smallest absolute Gasteiger partial charge is 0.306 e. The maximum absolute atomic E-state index is 12.6. The third-order valence-corrected chi connectivity index (χ3v) is 8.41. The zero-order valence-electron chi connectivity index (χ0n) is 32.8. The molecular formula is C42H72NO7P. The van der Waals surface area contributed by atoms with Crippen LogP contribution in [0.2, 0.25) is 0 Å². The van der Waals surface area contributed by atoms with Crippen LogP contribution in [0, 0.1) is 0 Å². The summed E-state index contributed by atoms with van der Waals surface area (Å²) >= 11 is 0. The maximum Gasteiger partial charge on any atom is 0.306 e. The number of likely N-dealkylation sites (N-methyl/N-ethyl adjacent to an activating group) is 1. The van der Waals surface area contributed by atoms with Crippen molar-refractivity contribution in [1.29, 1.82) is 0 Å². The van der Waals surface area contributed by atoms with Crippen LogP contribution in [0.5, 0.6) is 0 Å². The molecule has 0 aromatic rings. The highest BCUT2D eigenvalue weighted by Gasteiger charge is 2.20. The molecule has 0 bridgehead atoms. The number of carbonyl (C=O) groups excluding carboxylic acids is 1. The number of allylic oxidation sites excluding steroid dienone is 14. The fraction of sp³-hybridized carbons (Fsp3) is 0.643. The number of esters is 1. The molecular weight excluding hydrogens is 661 g/mol. The van der Waals surface area contributed by atoms with E-state index < -0.39 is 13.9 Å². The average molecular weight is 734 g/mol. The molecule has 2 atom stereocenters. The molecule has 0 saturated heterocycles. The number of nitrogens with zero attached hydrogens (tertiary/aromatic N) is 1. The molecule has 0 N–H and O–H groups in total. The van der Waals surface area contributed by atoms with E-state index in [1.807, 2.05) is 21.1 Å². The maximum atomic E-state index is 12.6. The lowest BCUT2D eigenvalue weighted by Gasteiger charge is -2.28. The van der Waals surface area contributed by atoms with Crippen molar-refractivity contribution in [2.24, 2.45) is 0 Å². The molecule has 0 heterocycles. The first-order chi connectivity index (χ1) is 24.6. The van der Waals surface area contributed by atoms with Crippen molar-refractivity contribution >= 4 is 13.8 Å². The predicted molar refractivity (Wildman–Crippen MR) is 212 cm³/mol. The highest BCUT2D eigenvalue weighted by atomic mass is 31.2. The number of carbonyl (C=O) groups is 1. The highest BCUT2D eigenvalue weighted by Crippen LogP contribution is 2.38. The van der Waals surface area contributed by atoms with Crippen LogP contribution >= 0.6 is 7.82 Å². The molecule has 0 aliphatic heterocycles. The summed E-state index contributed by atoms with van der Waals surface area (Å²) in [6.45, 7) is 5.02. The van der Waals surface area contributed by atoms with Crippen molar-refractivity contribution in [2.75, 3.05) is 54.1 Å². The Hall–Kier alpha value is -2.32. The van der Waals surface area contributed by atoms with E-state index in [4.69, 9.17) is 18.5 Å². The summed E-state index contributed by atoms with van der Waals surface area (Å²) in [6.07, 6.45) is 44.6. The Bertz CT molecular complexity index is 1090. The van der Waals surface area contributed by atoms with Crippen LogP contribution in [-0.2, 0) is 27.9 Å². The number of unbranched alkanes of at least 4 members (excludes halogenated alkanes) is 6. The predicted octanol–water partition coefficient (Wildman–Crippen LogP) is 10.3. The number of phosphoric acid groups is 1. The second-order valence-corrected chi connectivity index (χ2v) is 14.9. The summed E-state index contributed by atoms with van der Waals surface area (Å²) in [5, 5.41) is 0. The Morgan fingerprint density at radius 3 is 1.59 bits per heavy atom. The van der Waals surface area contributed by atoms with E-state index in [1.54, 1.807) is 0 Å². The van der Waals surface area contributed by atoms with Crippen molar-refractivity contribution in [3.05, 3.63) is 85.1 Å². The first-order valence-electron chi connectivity index (χ1n) is 19.3. The second-order valence-electron chi connectivity index (χ2n) is 13.5. The summed E-state index contributed by atoms with van der Waals surface area (Å²) in [7, 11) is 1.29. The van der Waals surface area contributed by atoms with Gasteiger partial charge in [0.2, 0.25) is 0 Å². The van der Waals surface area contributed by atoms with Gasteiger partial charge in [-0.2, -0.15) is 0 Å². The van der Waals surface area contributed by atoms with Gasteiger partial charge in [0.15, 0.2) is 0 Å². The van der Waals surface area contributed by atoms with Crippen molar-refractivity contribution in [3.63, 3.8) is 0 Å². The minimum atomic E-state index is -4.54. The van der Waals surface area contributed by atoms with Crippen LogP contribution in [0.1, 0.15) is 117 Å². The van der Waals surface area contributed by atoms with Gasteiger partial charge in [-0.05, 0) is 83.5 Å². The molecule has 0 radical (unpaired) electrons. The first kappa shape index (κ1) is 48.7. The molecule has 0 aromatic carbocycles. The first-order valence-corrected chi connectivity index (χ1v) is 20.8. The van der Waals surface area contributed by atoms with Gasteiger partial charge in [0.1, 0.15) is 19.3 Å².